The van der Waals surface area contributed by atoms with E-state index in [4.69, 9.17) is 9.15 Å². The predicted molar refractivity (Wildman–Crippen MR) is 76.5 cm³/mol. The number of hydrogen-bond donors (Lipinski definition) is 1. The number of nitrogens with one attached hydrogen (secondary N) is 1. The molecule has 0 radical (unpaired) electrons. The highest BCUT2D eigenvalue weighted by Crippen LogP contribution is 2.11. The molecule has 3 nitrogen and oxygen atoms in total. The highest BCUT2D eigenvalue weighted by molar-refractivity contribution is 5.27. The van der Waals surface area contributed by atoms with E-state index in [1.807, 2.05) is 24.3 Å². The second-order valence-electron chi connectivity index (χ2n) is 4.50. The Labute approximate surface area is 114 Å². The molecule has 0 bridgehead atoms. The van der Waals surface area contributed by atoms with Gasteiger partial charge < -0.3 is 14.5 Å². The molecule has 1 N–H and O–H groups in total. The van der Waals surface area contributed by atoms with Crippen molar-refractivity contribution in [2.75, 3.05) is 13.7 Å². The summed E-state index contributed by atoms with van der Waals surface area (Å²) in [5.74, 6) is 2.96. The average molecular weight is 259 g/mol. The summed E-state index contributed by atoms with van der Waals surface area (Å²) in [4.78, 5) is 0. The van der Waals surface area contributed by atoms with Crippen LogP contribution in [0.15, 0.2) is 40.8 Å². The molecule has 0 unspecified atom stereocenters. The van der Waals surface area contributed by atoms with Gasteiger partial charge in [0.05, 0.1) is 13.7 Å². The van der Waals surface area contributed by atoms with E-state index >= 15 is 0 Å². The maximum absolute atomic E-state index is 5.64. The molecule has 0 saturated carbocycles. The minimum absolute atomic E-state index is 0.788. The molecule has 19 heavy (non-hydrogen) atoms. The lowest BCUT2D eigenvalue weighted by Gasteiger charge is -2.04. The van der Waals surface area contributed by atoms with Crippen LogP contribution in [0.2, 0.25) is 0 Å². The van der Waals surface area contributed by atoms with Crippen LogP contribution < -0.4 is 10.1 Å². The molecule has 2 aromatic rings. The third kappa shape index (κ3) is 4.14. The molecule has 102 valence electrons. The SMILES string of the molecule is CCc1ccc(CNCCc2ccc(OC)cc2)o1. The summed E-state index contributed by atoms with van der Waals surface area (Å²) < 4.78 is 10.8. The first kappa shape index (κ1) is 13.7. The first-order valence-electron chi connectivity index (χ1n) is 6.73. The lowest BCUT2D eigenvalue weighted by atomic mass is 10.1. The number of furan rings is 1. The van der Waals surface area contributed by atoms with E-state index in [0.29, 0.717) is 0 Å². The highest BCUT2D eigenvalue weighted by Gasteiger charge is 2.00. The first-order valence-corrected chi connectivity index (χ1v) is 6.73. The standard InChI is InChI=1S/C16H21NO2/c1-3-14-8-9-16(19-14)12-17-11-10-13-4-6-15(18-2)7-5-13/h4-9,17H,3,10-12H2,1-2H3. The van der Waals surface area contributed by atoms with E-state index in [1.165, 1.54) is 5.56 Å². The van der Waals surface area contributed by atoms with Crippen LogP contribution in [0.3, 0.4) is 0 Å². The largest absolute Gasteiger partial charge is 0.497 e. The second-order valence-corrected chi connectivity index (χ2v) is 4.50. The number of benzene rings is 1. The molecule has 2 rings (SSSR count). The first-order chi connectivity index (χ1) is 9.31. The predicted octanol–water partition coefficient (Wildman–Crippen LogP) is 3.18. The van der Waals surface area contributed by atoms with Crippen molar-refractivity contribution in [1.82, 2.24) is 5.32 Å². The van der Waals surface area contributed by atoms with Gasteiger partial charge in [-0.2, -0.15) is 0 Å². The molecule has 0 aliphatic heterocycles. The van der Waals surface area contributed by atoms with Gasteiger partial charge in [0.1, 0.15) is 17.3 Å². The minimum Gasteiger partial charge on any atom is -0.497 e. The molecule has 0 aliphatic rings. The van der Waals surface area contributed by atoms with Gasteiger partial charge in [0.2, 0.25) is 0 Å². The van der Waals surface area contributed by atoms with Crippen LogP contribution in [0.4, 0.5) is 0 Å². The van der Waals surface area contributed by atoms with Crippen molar-refractivity contribution >= 4 is 0 Å². The van der Waals surface area contributed by atoms with Crippen LogP contribution in [-0.2, 0) is 19.4 Å². The van der Waals surface area contributed by atoms with Gasteiger partial charge in [0.25, 0.3) is 0 Å². The van der Waals surface area contributed by atoms with Crippen LogP contribution >= 0.6 is 0 Å². The van der Waals surface area contributed by atoms with Crippen LogP contribution in [0.1, 0.15) is 24.0 Å². The van der Waals surface area contributed by atoms with Gasteiger partial charge in [0.15, 0.2) is 0 Å². The minimum atomic E-state index is 0.788. The summed E-state index contributed by atoms with van der Waals surface area (Å²) in [6.07, 6.45) is 1.96. The van der Waals surface area contributed by atoms with Gasteiger partial charge in [-0.3, -0.25) is 0 Å². The second kappa shape index (κ2) is 7.00. The van der Waals surface area contributed by atoms with Gasteiger partial charge in [-0.1, -0.05) is 19.1 Å². The van der Waals surface area contributed by atoms with Gasteiger partial charge in [0, 0.05) is 6.42 Å². The van der Waals surface area contributed by atoms with Crippen molar-refractivity contribution in [3.8, 4) is 5.75 Å². The fourth-order valence-corrected chi connectivity index (χ4v) is 1.94. The van der Waals surface area contributed by atoms with Crippen molar-refractivity contribution in [3.63, 3.8) is 0 Å². The van der Waals surface area contributed by atoms with Crippen LogP contribution in [-0.4, -0.2) is 13.7 Å². The monoisotopic (exact) mass is 259 g/mol. The van der Waals surface area contributed by atoms with Crippen LogP contribution in [0.5, 0.6) is 5.75 Å². The van der Waals surface area contributed by atoms with E-state index in [2.05, 4.69) is 24.4 Å². The molecule has 0 amide bonds. The van der Waals surface area contributed by atoms with Crippen LogP contribution in [0.25, 0.3) is 0 Å². The zero-order chi connectivity index (χ0) is 13.5. The third-order valence-electron chi connectivity index (χ3n) is 3.11. The van der Waals surface area contributed by atoms with E-state index < -0.39 is 0 Å². The third-order valence-corrected chi connectivity index (χ3v) is 3.11. The fraction of sp³-hybridized carbons (Fsp3) is 0.375. The van der Waals surface area contributed by atoms with Crippen molar-refractivity contribution in [1.29, 1.82) is 0 Å². The zero-order valence-electron chi connectivity index (χ0n) is 11.6. The molecule has 1 heterocycles. The van der Waals surface area contributed by atoms with Crippen molar-refractivity contribution in [3.05, 3.63) is 53.5 Å². The summed E-state index contributed by atoms with van der Waals surface area (Å²) in [7, 11) is 1.69. The molecular formula is C16H21NO2. The molecule has 0 aliphatic carbocycles. The quantitative estimate of drug-likeness (QED) is 0.775. The number of methoxy groups -OCH3 is 1. The Morgan fingerprint density at radius 2 is 1.79 bits per heavy atom. The number of ether oxygens (including phenoxy) is 1. The number of hydrogen-bond acceptors (Lipinski definition) is 3. The highest BCUT2D eigenvalue weighted by atomic mass is 16.5. The summed E-state index contributed by atoms with van der Waals surface area (Å²) in [5.41, 5.74) is 1.31. The molecule has 0 fully saturated rings. The molecule has 0 saturated heterocycles. The van der Waals surface area contributed by atoms with E-state index in [1.54, 1.807) is 7.11 Å². The molecule has 1 aromatic heterocycles. The number of aryl methyl sites for hydroxylation is 1. The van der Waals surface area contributed by atoms with E-state index in [0.717, 1.165) is 43.2 Å². The van der Waals surface area contributed by atoms with Crippen molar-refractivity contribution in [2.24, 2.45) is 0 Å². The lowest BCUT2D eigenvalue weighted by molar-refractivity contribution is 0.414. The maximum Gasteiger partial charge on any atom is 0.118 e. The van der Waals surface area contributed by atoms with Crippen LogP contribution in [0, 0.1) is 0 Å². The summed E-state index contributed by atoms with van der Waals surface area (Å²) in [5, 5.41) is 3.39. The lowest BCUT2D eigenvalue weighted by Crippen LogP contribution is -2.16. The Morgan fingerprint density at radius 1 is 1.05 bits per heavy atom. The Balaban J connectivity index is 1.71. The van der Waals surface area contributed by atoms with Gasteiger partial charge in [-0.25, -0.2) is 0 Å². The topological polar surface area (TPSA) is 34.4 Å². The van der Waals surface area contributed by atoms with Gasteiger partial charge in [-0.15, -0.1) is 0 Å². The molecule has 0 atom stereocenters. The maximum atomic E-state index is 5.64. The zero-order valence-corrected chi connectivity index (χ0v) is 11.6. The Hall–Kier alpha value is -1.74. The fourth-order valence-electron chi connectivity index (χ4n) is 1.94. The normalized spacial score (nSPS) is 10.6. The summed E-state index contributed by atoms with van der Waals surface area (Å²) in [6.45, 7) is 3.82. The van der Waals surface area contributed by atoms with E-state index in [-0.39, 0.29) is 0 Å². The Bertz CT molecular complexity index is 488. The summed E-state index contributed by atoms with van der Waals surface area (Å²) >= 11 is 0. The average Bonchev–Trinajstić information content (AvgIpc) is 2.92. The van der Waals surface area contributed by atoms with Gasteiger partial charge >= 0.3 is 0 Å². The number of rotatable bonds is 7. The van der Waals surface area contributed by atoms with Crippen molar-refractivity contribution in [2.45, 2.75) is 26.3 Å². The molecular weight excluding hydrogens is 238 g/mol. The van der Waals surface area contributed by atoms with Gasteiger partial charge in [-0.05, 0) is 42.8 Å². The Morgan fingerprint density at radius 3 is 2.42 bits per heavy atom. The van der Waals surface area contributed by atoms with Crippen molar-refractivity contribution < 1.29 is 9.15 Å². The Kier molecular flexibility index (Phi) is 5.04. The van der Waals surface area contributed by atoms with E-state index in [9.17, 15) is 0 Å². The molecule has 3 heteroatoms. The smallest absolute Gasteiger partial charge is 0.118 e. The molecule has 0 spiro atoms. The summed E-state index contributed by atoms with van der Waals surface area (Å²) in [6, 6.07) is 12.3. The molecule has 1 aromatic carbocycles.